The highest BCUT2D eigenvalue weighted by Crippen LogP contribution is 2.35. The molecule has 0 aliphatic rings. The second kappa shape index (κ2) is 7.14. The monoisotopic (exact) mass is 318 g/mol. The van der Waals surface area contributed by atoms with Crippen molar-refractivity contribution in [3.8, 4) is 5.75 Å². The minimum Gasteiger partial charge on any atom is -0.508 e. The zero-order valence-corrected chi connectivity index (χ0v) is 13.5. The van der Waals surface area contributed by atoms with Crippen LogP contribution in [0.15, 0.2) is 78.9 Å². The zero-order valence-electron chi connectivity index (χ0n) is 13.5. The van der Waals surface area contributed by atoms with Crippen LogP contribution in [0.25, 0.3) is 11.1 Å². The van der Waals surface area contributed by atoms with Crippen LogP contribution < -0.4 is 0 Å². The molecule has 0 spiro atoms. The summed E-state index contributed by atoms with van der Waals surface area (Å²) in [5, 5.41) is 9.59. The highest BCUT2D eigenvalue weighted by atomic mass is 19.1. The van der Waals surface area contributed by atoms with Crippen LogP contribution in [0.2, 0.25) is 0 Å². The molecule has 0 aliphatic carbocycles. The number of rotatable bonds is 4. The third kappa shape index (κ3) is 3.38. The molecule has 0 aromatic heterocycles. The van der Waals surface area contributed by atoms with E-state index in [-0.39, 0.29) is 11.6 Å². The smallest absolute Gasteiger partial charge is 0.123 e. The van der Waals surface area contributed by atoms with Gasteiger partial charge in [0.2, 0.25) is 0 Å². The summed E-state index contributed by atoms with van der Waals surface area (Å²) in [5.41, 5.74) is 5.04. The highest BCUT2D eigenvalue weighted by Gasteiger charge is 2.13. The third-order valence-electron chi connectivity index (χ3n) is 4.05. The summed E-state index contributed by atoms with van der Waals surface area (Å²) in [6.07, 6.45) is 0.816. The molecule has 3 aromatic rings. The van der Waals surface area contributed by atoms with Gasteiger partial charge in [-0.2, -0.15) is 0 Å². The highest BCUT2D eigenvalue weighted by molar-refractivity contribution is 5.98. The molecule has 1 N–H and O–H groups in total. The van der Waals surface area contributed by atoms with Crippen LogP contribution in [0.5, 0.6) is 5.75 Å². The van der Waals surface area contributed by atoms with E-state index >= 15 is 0 Å². The first kappa shape index (κ1) is 16.0. The van der Waals surface area contributed by atoms with Crippen LogP contribution >= 0.6 is 0 Å². The number of allylic oxidation sites excluding steroid dienone is 1. The fraction of sp³-hybridized carbons (Fsp3) is 0.0909. The molecule has 2 heteroatoms. The van der Waals surface area contributed by atoms with E-state index in [2.05, 4.69) is 19.1 Å². The Morgan fingerprint density at radius 1 is 0.792 bits per heavy atom. The van der Waals surface area contributed by atoms with E-state index in [1.54, 1.807) is 24.3 Å². The van der Waals surface area contributed by atoms with Gasteiger partial charge in [0.05, 0.1) is 0 Å². The Morgan fingerprint density at radius 2 is 1.46 bits per heavy atom. The van der Waals surface area contributed by atoms with E-state index in [0.717, 1.165) is 34.3 Å². The van der Waals surface area contributed by atoms with E-state index < -0.39 is 0 Å². The predicted molar refractivity (Wildman–Crippen MR) is 97.2 cm³/mol. The van der Waals surface area contributed by atoms with Gasteiger partial charge in [-0.05, 0) is 58.5 Å². The van der Waals surface area contributed by atoms with Crippen molar-refractivity contribution in [1.82, 2.24) is 0 Å². The molecular weight excluding hydrogens is 299 g/mol. The molecule has 0 aliphatic heterocycles. The summed E-state index contributed by atoms with van der Waals surface area (Å²) < 4.78 is 13.8. The summed E-state index contributed by atoms with van der Waals surface area (Å²) in [7, 11) is 0. The van der Waals surface area contributed by atoms with Crippen molar-refractivity contribution in [2.45, 2.75) is 13.3 Å². The summed E-state index contributed by atoms with van der Waals surface area (Å²) in [5.74, 6) is -0.0394. The van der Waals surface area contributed by atoms with Gasteiger partial charge in [0.15, 0.2) is 0 Å². The van der Waals surface area contributed by atoms with Crippen molar-refractivity contribution >= 4 is 11.1 Å². The largest absolute Gasteiger partial charge is 0.508 e. The maximum Gasteiger partial charge on any atom is 0.123 e. The first-order chi connectivity index (χ1) is 11.7. The third-order valence-corrected chi connectivity index (χ3v) is 4.05. The van der Waals surface area contributed by atoms with Crippen molar-refractivity contribution in [3.63, 3.8) is 0 Å². The average Bonchev–Trinajstić information content (AvgIpc) is 2.61. The van der Waals surface area contributed by atoms with Gasteiger partial charge in [-0.3, -0.25) is 0 Å². The van der Waals surface area contributed by atoms with Crippen molar-refractivity contribution in [1.29, 1.82) is 0 Å². The molecule has 0 saturated heterocycles. The van der Waals surface area contributed by atoms with Gasteiger partial charge in [-0.1, -0.05) is 61.5 Å². The molecule has 0 amide bonds. The lowest BCUT2D eigenvalue weighted by Crippen LogP contribution is -1.95. The lowest BCUT2D eigenvalue weighted by Gasteiger charge is -2.16. The normalized spacial score (nSPS) is 11.9. The number of phenols is 1. The summed E-state index contributed by atoms with van der Waals surface area (Å²) in [6.45, 7) is 2.10. The maximum atomic E-state index is 13.8. The molecule has 0 bridgehead atoms. The SMILES string of the molecule is CC/C(=C(/c1ccc(O)cc1)c1cccc(F)c1)c1ccccc1. The van der Waals surface area contributed by atoms with Gasteiger partial charge < -0.3 is 5.11 Å². The van der Waals surface area contributed by atoms with Gasteiger partial charge in [0.25, 0.3) is 0 Å². The standard InChI is InChI=1S/C22H19FO/c1-2-21(16-7-4-3-5-8-16)22(17-11-13-20(24)14-12-17)18-9-6-10-19(23)15-18/h3-15,24H,2H2,1H3/b22-21+. The molecule has 0 fully saturated rings. The molecule has 3 rings (SSSR count). The summed E-state index contributed by atoms with van der Waals surface area (Å²) in [4.78, 5) is 0. The molecule has 3 aromatic carbocycles. The predicted octanol–water partition coefficient (Wildman–Crippen LogP) is 5.90. The van der Waals surface area contributed by atoms with Crippen LogP contribution in [0, 0.1) is 5.82 Å². The topological polar surface area (TPSA) is 20.2 Å². The van der Waals surface area contributed by atoms with Crippen LogP contribution in [0.1, 0.15) is 30.0 Å². The molecule has 120 valence electrons. The lowest BCUT2D eigenvalue weighted by atomic mass is 9.88. The first-order valence-corrected chi connectivity index (χ1v) is 8.03. The fourth-order valence-electron chi connectivity index (χ4n) is 2.95. The first-order valence-electron chi connectivity index (χ1n) is 8.03. The Hall–Kier alpha value is -2.87. The maximum absolute atomic E-state index is 13.8. The van der Waals surface area contributed by atoms with Crippen LogP contribution in [-0.2, 0) is 0 Å². The van der Waals surface area contributed by atoms with Gasteiger partial charge in [0, 0.05) is 0 Å². The van der Waals surface area contributed by atoms with Crippen LogP contribution in [0.3, 0.4) is 0 Å². The van der Waals surface area contributed by atoms with Gasteiger partial charge in [-0.15, -0.1) is 0 Å². The molecule has 0 unspecified atom stereocenters. The van der Waals surface area contributed by atoms with Gasteiger partial charge in [-0.25, -0.2) is 4.39 Å². The van der Waals surface area contributed by atoms with Crippen molar-refractivity contribution in [2.75, 3.05) is 0 Å². The summed E-state index contributed by atoms with van der Waals surface area (Å²) in [6, 6.07) is 23.8. The molecule has 0 atom stereocenters. The minimum atomic E-state index is -0.257. The molecule has 0 radical (unpaired) electrons. The molecule has 24 heavy (non-hydrogen) atoms. The van der Waals surface area contributed by atoms with E-state index in [4.69, 9.17) is 0 Å². The minimum absolute atomic E-state index is 0.218. The number of hydrogen-bond acceptors (Lipinski definition) is 1. The van der Waals surface area contributed by atoms with Crippen molar-refractivity contribution in [3.05, 3.63) is 101 Å². The van der Waals surface area contributed by atoms with E-state index in [1.807, 2.05) is 36.4 Å². The molecular formula is C22H19FO. The number of hydrogen-bond donors (Lipinski definition) is 1. The Labute approximate surface area is 141 Å². The number of phenolic OH excluding ortho intramolecular Hbond substituents is 1. The lowest BCUT2D eigenvalue weighted by molar-refractivity contribution is 0.475. The second-order valence-corrected chi connectivity index (χ2v) is 5.63. The van der Waals surface area contributed by atoms with Gasteiger partial charge >= 0.3 is 0 Å². The zero-order chi connectivity index (χ0) is 16.9. The Balaban J connectivity index is 2.28. The Kier molecular flexibility index (Phi) is 4.76. The molecule has 0 heterocycles. The summed E-state index contributed by atoms with van der Waals surface area (Å²) >= 11 is 0. The Bertz CT molecular complexity index is 849. The number of aromatic hydroxyl groups is 1. The van der Waals surface area contributed by atoms with E-state index in [0.29, 0.717) is 0 Å². The van der Waals surface area contributed by atoms with E-state index in [1.165, 1.54) is 6.07 Å². The molecule has 1 nitrogen and oxygen atoms in total. The van der Waals surface area contributed by atoms with Crippen molar-refractivity contribution in [2.24, 2.45) is 0 Å². The van der Waals surface area contributed by atoms with E-state index in [9.17, 15) is 9.50 Å². The number of benzene rings is 3. The second-order valence-electron chi connectivity index (χ2n) is 5.63. The van der Waals surface area contributed by atoms with Gasteiger partial charge in [0.1, 0.15) is 11.6 Å². The number of halogens is 1. The average molecular weight is 318 g/mol. The fourth-order valence-corrected chi connectivity index (χ4v) is 2.95. The van der Waals surface area contributed by atoms with Crippen LogP contribution in [0.4, 0.5) is 4.39 Å². The van der Waals surface area contributed by atoms with Crippen molar-refractivity contribution < 1.29 is 9.50 Å². The Morgan fingerprint density at radius 3 is 2.08 bits per heavy atom. The quantitative estimate of drug-likeness (QED) is 0.594. The molecule has 0 saturated carbocycles. The van der Waals surface area contributed by atoms with Crippen LogP contribution in [-0.4, -0.2) is 5.11 Å².